The van der Waals surface area contributed by atoms with Gasteiger partial charge in [-0.3, -0.25) is 0 Å². The van der Waals surface area contributed by atoms with Gasteiger partial charge >= 0.3 is 6.18 Å². The number of nitrogens with zero attached hydrogens (tertiary/aromatic N) is 2. The second-order valence-electron chi connectivity index (χ2n) is 7.11. The van der Waals surface area contributed by atoms with Gasteiger partial charge in [-0.2, -0.15) is 18.4 Å². The molecule has 0 radical (unpaired) electrons. The number of halogens is 4. The second kappa shape index (κ2) is 10.3. The predicted octanol–water partition coefficient (Wildman–Crippen LogP) is 7.30. The van der Waals surface area contributed by atoms with Crippen molar-refractivity contribution < 1.29 is 17.9 Å². The quantitative estimate of drug-likeness (QED) is 0.433. The van der Waals surface area contributed by atoms with Gasteiger partial charge in [0.15, 0.2) is 0 Å². The van der Waals surface area contributed by atoms with Crippen molar-refractivity contribution in [3.05, 3.63) is 101 Å². The zero-order chi connectivity index (χ0) is 24.0. The Morgan fingerprint density at radius 3 is 2.21 bits per heavy atom. The smallest absolute Gasteiger partial charge is 0.416 e. The van der Waals surface area contributed by atoms with Gasteiger partial charge in [0.25, 0.3) is 0 Å². The fourth-order valence-electron chi connectivity index (χ4n) is 3.42. The Morgan fingerprint density at radius 2 is 1.64 bits per heavy atom. The van der Waals surface area contributed by atoms with Gasteiger partial charge in [-0.25, -0.2) is 0 Å². The van der Waals surface area contributed by atoms with Crippen LogP contribution in [0.1, 0.15) is 24.1 Å². The molecule has 0 aromatic heterocycles. The molecule has 1 unspecified atom stereocenters. The molecule has 4 rings (SSSR count). The molecule has 1 atom stereocenters. The number of hydrogen-bond donors (Lipinski definition) is 1. The van der Waals surface area contributed by atoms with Gasteiger partial charge < -0.3 is 15.0 Å². The molecule has 3 aromatic carbocycles. The van der Waals surface area contributed by atoms with E-state index in [9.17, 15) is 13.2 Å². The molecule has 1 fully saturated rings. The third kappa shape index (κ3) is 5.99. The molecular formula is C25H21ClF3N3O. The average molecular weight is 472 g/mol. The highest BCUT2D eigenvalue weighted by molar-refractivity contribution is 6.30. The molecule has 0 aliphatic carbocycles. The van der Waals surface area contributed by atoms with Crippen molar-refractivity contribution in [3.63, 3.8) is 0 Å². The Labute approximate surface area is 195 Å². The van der Waals surface area contributed by atoms with Gasteiger partial charge in [0.1, 0.15) is 11.5 Å². The van der Waals surface area contributed by atoms with Crippen LogP contribution in [0.2, 0.25) is 5.02 Å². The van der Waals surface area contributed by atoms with Gasteiger partial charge in [0, 0.05) is 24.2 Å². The molecule has 4 nitrogen and oxygen atoms in total. The predicted molar refractivity (Wildman–Crippen MR) is 123 cm³/mol. The lowest BCUT2D eigenvalue weighted by molar-refractivity contribution is -0.137. The van der Waals surface area contributed by atoms with E-state index in [0.717, 1.165) is 11.8 Å². The Morgan fingerprint density at radius 1 is 1.06 bits per heavy atom. The monoisotopic (exact) mass is 471 g/mol. The van der Waals surface area contributed by atoms with E-state index in [0.29, 0.717) is 34.5 Å². The first-order valence-corrected chi connectivity index (χ1v) is 10.3. The van der Waals surface area contributed by atoms with Gasteiger partial charge in [0.05, 0.1) is 23.5 Å². The third-order valence-electron chi connectivity index (χ3n) is 4.86. The number of nitriles is 1. The van der Waals surface area contributed by atoms with Crippen molar-refractivity contribution in [3.8, 4) is 17.6 Å². The number of hydrogen-bond acceptors (Lipinski definition) is 4. The molecule has 1 heterocycles. The molecule has 0 spiro atoms. The van der Waals surface area contributed by atoms with E-state index < -0.39 is 11.7 Å². The summed E-state index contributed by atoms with van der Waals surface area (Å²) < 4.78 is 45.2. The van der Waals surface area contributed by atoms with Crippen LogP contribution in [0.5, 0.6) is 11.5 Å². The molecule has 33 heavy (non-hydrogen) atoms. The summed E-state index contributed by atoms with van der Waals surface area (Å²) in [4.78, 5) is 1.89. The van der Waals surface area contributed by atoms with Crippen molar-refractivity contribution in [2.24, 2.45) is 0 Å². The zero-order valence-corrected chi connectivity index (χ0v) is 18.5. The molecule has 1 saturated heterocycles. The molecule has 1 aliphatic heterocycles. The summed E-state index contributed by atoms with van der Waals surface area (Å²) in [6.07, 6.45) is -4.38. The number of anilines is 1. The van der Waals surface area contributed by atoms with Gasteiger partial charge in [-0.1, -0.05) is 30.3 Å². The van der Waals surface area contributed by atoms with Crippen LogP contribution in [0.4, 0.5) is 18.9 Å². The molecule has 0 saturated carbocycles. The lowest BCUT2D eigenvalue weighted by atomic mass is 10.0. The number of ether oxygens (including phenoxy) is 1. The first-order chi connectivity index (χ1) is 15.7. The first-order valence-electron chi connectivity index (χ1n) is 9.96. The summed E-state index contributed by atoms with van der Waals surface area (Å²) in [5, 5.41) is 11.1. The van der Waals surface area contributed by atoms with Crippen LogP contribution < -0.4 is 15.0 Å². The summed E-state index contributed by atoms with van der Waals surface area (Å²) in [6.45, 7) is 5.90. The number of alkyl halides is 3. The van der Waals surface area contributed by atoms with E-state index in [1.807, 2.05) is 17.0 Å². The Kier molecular flexibility index (Phi) is 7.52. The minimum Gasteiger partial charge on any atom is -0.457 e. The van der Waals surface area contributed by atoms with Crippen LogP contribution in [0, 0.1) is 11.3 Å². The highest BCUT2D eigenvalue weighted by atomic mass is 35.5. The molecular weight excluding hydrogens is 451 g/mol. The van der Waals surface area contributed by atoms with Crippen molar-refractivity contribution in [1.29, 1.82) is 5.26 Å². The van der Waals surface area contributed by atoms with Crippen molar-refractivity contribution in [2.75, 3.05) is 11.4 Å². The highest BCUT2D eigenvalue weighted by Gasteiger charge is 2.34. The van der Waals surface area contributed by atoms with E-state index in [-0.39, 0.29) is 6.04 Å². The second-order valence-corrected chi connectivity index (χ2v) is 7.55. The van der Waals surface area contributed by atoms with Crippen molar-refractivity contribution >= 4 is 17.3 Å². The zero-order valence-electron chi connectivity index (χ0n) is 17.7. The molecule has 0 amide bonds. The van der Waals surface area contributed by atoms with Gasteiger partial charge in [-0.15, -0.1) is 0 Å². The summed E-state index contributed by atoms with van der Waals surface area (Å²) in [5.41, 5.74) is 0.706. The van der Waals surface area contributed by atoms with Gasteiger partial charge in [-0.05, 0) is 66.2 Å². The molecule has 170 valence electrons. The standard InChI is InChI=1S/C23H18ClF3N2O.C2H3N/c1-15-28-14-22(16-3-2-4-17(13-16)23(25,26)27)29(15)19-7-11-21(12-8-19)30-20-9-5-18(24)6-10-20;1-2-3/h2-13,22,28H,1,14H2;1H3. The summed E-state index contributed by atoms with van der Waals surface area (Å²) in [5.74, 6) is 1.92. The summed E-state index contributed by atoms with van der Waals surface area (Å²) >= 11 is 5.88. The fourth-order valence-corrected chi connectivity index (χ4v) is 3.54. The van der Waals surface area contributed by atoms with Crippen molar-refractivity contribution in [2.45, 2.75) is 19.1 Å². The van der Waals surface area contributed by atoms with E-state index in [2.05, 4.69) is 11.9 Å². The third-order valence-corrected chi connectivity index (χ3v) is 5.12. The van der Waals surface area contributed by atoms with E-state index in [1.54, 1.807) is 48.5 Å². The van der Waals surface area contributed by atoms with Crippen LogP contribution in [-0.4, -0.2) is 6.54 Å². The minimum atomic E-state index is -4.38. The van der Waals surface area contributed by atoms with Crippen molar-refractivity contribution in [1.82, 2.24) is 5.32 Å². The maximum absolute atomic E-state index is 13.1. The molecule has 0 bridgehead atoms. The van der Waals surface area contributed by atoms with Crippen LogP contribution >= 0.6 is 11.6 Å². The summed E-state index contributed by atoms with van der Waals surface area (Å²) in [7, 11) is 0. The van der Waals surface area contributed by atoms with Crippen LogP contribution in [0.25, 0.3) is 0 Å². The first kappa shape index (κ1) is 24.0. The largest absolute Gasteiger partial charge is 0.457 e. The number of rotatable bonds is 4. The van der Waals surface area contributed by atoms with E-state index >= 15 is 0 Å². The maximum atomic E-state index is 13.1. The SMILES string of the molecule is C=C1NCC(c2cccc(C(F)(F)F)c2)N1c1ccc(Oc2ccc(Cl)cc2)cc1.CC#N. The fraction of sp³-hybridized carbons (Fsp3) is 0.160. The molecule has 3 aromatic rings. The topological polar surface area (TPSA) is 48.3 Å². The Bertz CT molecular complexity index is 1140. The average Bonchev–Trinajstić information content (AvgIpc) is 3.17. The minimum absolute atomic E-state index is 0.303. The molecule has 1 aliphatic rings. The lowest BCUT2D eigenvalue weighted by Gasteiger charge is -2.27. The van der Waals surface area contributed by atoms with E-state index in [1.165, 1.54) is 19.1 Å². The van der Waals surface area contributed by atoms with Crippen LogP contribution in [-0.2, 0) is 6.18 Å². The molecule has 1 N–H and O–H groups in total. The maximum Gasteiger partial charge on any atom is 0.416 e. The normalized spacial score (nSPS) is 15.2. The number of nitrogens with one attached hydrogen (secondary N) is 1. The Hall–Kier alpha value is -3.63. The lowest BCUT2D eigenvalue weighted by Crippen LogP contribution is -2.22. The Balaban J connectivity index is 0.000000968. The van der Waals surface area contributed by atoms with Crippen LogP contribution in [0.3, 0.4) is 0 Å². The summed E-state index contributed by atoms with van der Waals surface area (Å²) in [6, 6.07) is 21.2. The van der Waals surface area contributed by atoms with Gasteiger partial charge in [0.2, 0.25) is 0 Å². The van der Waals surface area contributed by atoms with Crippen LogP contribution in [0.15, 0.2) is 85.2 Å². The highest BCUT2D eigenvalue weighted by Crippen LogP contribution is 2.37. The van der Waals surface area contributed by atoms with E-state index in [4.69, 9.17) is 21.6 Å². The number of benzene rings is 3. The molecule has 8 heteroatoms.